The van der Waals surface area contributed by atoms with Crippen LogP contribution in [0.15, 0.2) is 35.4 Å². The lowest BCUT2D eigenvalue weighted by Crippen LogP contribution is -2.50. The van der Waals surface area contributed by atoms with E-state index in [1.807, 2.05) is 44.4 Å². The number of carbonyl (C=O) groups is 1. The second-order valence-corrected chi connectivity index (χ2v) is 10.9. The number of hydrogen-bond acceptors (Lipinski definition) is 8. The molecule has 1 unspecified atom stereocenters. The summed E-state index contributed by atoms with van der Waals surface area (Å²) < 4.78 is 7.45. The molecule has 0 spiro atoms. The molecule has 4 heterocycles. The molecule has 0 radical (unpaired) electrons. The van der Waals surface area contributed by atoms with Crippen molar-refractivity contribution >= 4 is 28.9 Å². The van der Waals surface area contributed by atoms with Crippen molar-refractivity contribution in [3.8, 4) is 0 Å². The van der Waals surface area contributed by atoms with Gasteiger partial charge in [0.15, 0.2) is 0 Å². The van der Waals surface area contributed by atoms with Gasteiger partial charge in [-0.05, 0) is 57.7 Å². The number of nitrogens with one attached hydrogen (secondary N) is 2. The third-order valence-corrected chi connectivity index (χ3v) is 6.97. The molecule has 0 aromatic carbocycles. The quantitative estimate of drug-likeness (QED) is 0.541. The normalized spacial score (nSPS) is 18.8. The van der Waals surface area contributed by atoms with Crippen LogP contribution in [-0.2, 0) is 4.74 Å². The van der Waals surface area contributed by atoms with Crippen LogP contribution in [-0.4, -0.2) is 55.7 Å². The van der Waals surface area contributed by atoms with Crippen molar-refractivity contribution in [1.82, 2.24) is 29.7 Å². The fourth-order valence-electron chi connectivity index (χ4n) is 5.18. The lowest BCUT2D eigenvalue weighted by Gasteiger charge is -2.37. The molecule has 1 atom stereocenters. The number of hydrogen-bond donors (Lipinski definition) is 2. The van der Waals surface area contributed by atoms with Gasteiger partial charge >= 0.3 is 6.09 Å². The highest BCUT2D eigenvalue weighted by atomic mass is 16.6. The summed E-state index contributed by atoms with van der Waals surface area (Å²) in [6, 6.07) is 5.48. The zero-order valence-electron chi connectivity index (χ0n) is 22.0. The van der Waals surface area contributed by atoms with Gasteiger partial charge in [-0.15, -0.1) is 0 Å². The summed E-state index contributed by atoms with van der Waals surface area (Å²) in [5.74, 6) is 0.970. The van der Waals surface area contributed by atoms with Crippen molar-refractivity contribution < 1.29 is 9.53 Å². The summed E-state index contributed by atoms with van der Waals surface area (Å²) in [6.07, 6.45) is 7.44. The Kier molecular flexibility index (Phi) is 6.85. The molecule has 10 heteroatoms. The van der Waals surface area contributed by atoms with Crippen LogP contribution in [0.1, 0.15) is 69.7 Å². The van der Waals surface area contributed by atoms with Crippen molar-refractivity contribution in [2.45, 2.75) is 71.1 Å². The number of carbonyl (C=O) groups excluding carboxylic acids is 1. The van der Waals surface area contributed by atoms with Gasteiger partial charge in [-0.2, -0.15) is 4.98 Å². The highest BCUT2D eigenvalue weighted by Gasteiger charge is 2.31. The maximum absolute atomic E-state index is 12.9. The predicted octanol–water partition coefficient (Wildman–Crippen LogP) is 4.24. The Balaban J connectivity index is 1.38. The number of amides is 1. The third-order valence-electron chi connectivity index (χ3n) is 6.97. The molecule has 2 aliphatic rings. The Hall–Kier alpha value is -3.53. The highest BCUT2D eigenvalue weighted by molar-refractivity contribution is 5.79. The van der Waals surface area contributed by atoms with Crippen molar-refractivity contribution in [3.63, 3.8) is 0 Å². The van der Waals surface area contributed by atoms with E-state index in [0.717, 1.165) is 42.2 Å². The van der Waals surface area contributed by atoms with Gasteiger partial charge in [-0.1, -0.05) is 18.9 Å². The molecule has 0 bridgehead atoms. The summed E-state index contributed by atoms with van der Waals surface area (Å²) in [7, 11) is 0. The maximum Gasteiger partial charge on any atom is 0.410 e. The first-order valence-electron chi connectivity index (χ1n) is 13.0. The lowest BCUT2D eigenvalue weighted by molar-refractivity contribution is 0.0117. The number of pyridine rings is 2. The Morgan fingerprint density at radius 2 is 1.95 bits per heavy atom. The summed E-state index contributed by atoms with van der Waals surface area (Å²) in [5.41, 5.74) is 1.87. The number of piperazine rings is 1. The second kappa shape index (κ2) is 10.1. The molecule has 5 rings (SSSR count). The van der Waals surface area contributed by atoms with E-state index in [9.17, 15) is 9.59 Å². The fraction of sp³-hybridized carbons (Fsp3) is 0.519. The number of aryl methyl sites for hydroxylation is 1. The van der Waals surface area contributed by atoms with Crippen LogP contribution in [0.5, 0.6) is 0 Å². The molecule has 10 nitrogen and oxygen atoms in total. The van der Waals surface area contributed by atoms with Gasteiger partial charge in [-0.3, -0.25) is 14.3 Å². The summed E-state index contributed by atoms with van der Waals surface area (Å²) in [6.45, 7) is 9.42. The number of anilines is 2. The molecule has 1 aliphatic heterocycles. The van der Waals surface area contributed by atoms with E-state index >= 15 is 0 Å². The zero-order valence-corrected chi connectivity index (χ0v) is 22.0. The Bertz CT molecular complexity index is 1340. The van der Waals surface area contributed by atoms with Crippen molar-refractivity contribution in [1.29, 1.82) is 0 Å². The van der Waals surface area contributed by atoms with E-state index in [4.69, 9.17) is 9.72 Å². The van der Waals surface area contributed by atoms with Gasteiger partial charge in [0.2, 0.25) is 5.95 Å². The highest BCUT2D eigenvalue weighted by Crippen LogP contribution is 2.31. The van der Waals surface area contributed by atoms with Crippen LogP contribution in [0.4, 0.5) is 16.6 Å². The number of ether oxygens (including phenoxy) is 1. The van der Waals surface area contributed by atoms with Crippen molar-refractivity contribution in [3.05, 3.63) is 52.1 Å². The summed E-state index contributed by atoms with van der Waals surface area (Å²) in [4.78, 5) is 41.2. The summed E-state index contributed by atoms with van der Waals surface area (Å²) in [5, 5.41) is 7.41. The first-order chi connectivity index (χ1) is 17.7. The van der Waals surface area contributed by atoms with E-state index in [1.165, 1.54) is 0 Å². The van der Waals surface area contributed by atoms with E-state index in [1.54, 1.807) is 23.4 Å². The molecule has 1 aliphatic carbocycles. The van der Waals surface area contributed by atoms with Crippen LogP contribution < -0.4 is 16.2 Å². The van der Waals surface area contributed by atoms with Crippen LogP contribution in [0.3, 0.4) is 0 Å². The van der Waals surface area contributed by atoms with Crippen LogP contribution in [0.25, 0.3) is 11.0 Å². The minimum absolute atomic E-state index is 0.0142. The van der Waals surface area contributed by atoms with E-state index in [2.05, 4.69) is 20.6 Å². The molecule has 1 amide bonds. The monoisotopic (exact) mass is 505 g/mol. The van der Waals surface area contributed by atoms with Gasteiger partial charge in [0.1, 0.15) is 17.1 Å². The SMILES string of the molecule is Cc1cc(=O)n(C2CCCC2)c2nc(Nc3ccc(C4CNCCN4C(=O)OC(C)(C)C)cn3)ncc12. The van der Waals surface area contributed by atoms with E-state index < -0.39 is 5.60 Å². The first kappa shape index (κ1) is 25.1. The summed E-state index contributed by atoms with van der Waals surface area (Å²) >= 11 is 0. The van der Waals surface area contributed by atoms with E-state index in [0.29, 0.717) is 37.0 Å². The van der Waals surface area contributed by atoms with Gasteiger partial charge in [0.25, 0.3) is 5.56 Å². The van der Waals surface area contributed by atoms with Crippen molar-refractivity contribution in [2.75, 3.05) is 25.0 Å². The molecule has 3 aromatic rings. The topological polar surface area (TPSA) is 114 Å². The number of aromatic nitrogens is 4. The molecule has 37 heavy (non-hydrogen) atoms. The molecule has 1 saturated heterocycles. The fourth-order valence-corrected chi connectivity index (χ4v) is 5.18. The largest absolute Gasteiger partial charge is 0.444 e. The Morgan fingerprint density at radius 1 is 1.16 bits per heavy atom. The third kappa shape index (κ3) is 5.44. The van der Waals surface area contributed by atoms with Gasteiger partial charge in [0, 0.05) is 49.5 Å². The van der Waals surface area contributed by atoms with Gasteiger partial charge < -0.3 is 15.4 Å². The Morgan fingerprint density at radius 3 is 2.65 bits per heavy atom. The van der Waals surface area contributed by atoms with Crippen LogP contribution in [0, 0.1) is 6.92 Å². The van der Waals surface area contributed by atoms with Gasteiger partial charge in [-0.25, -0.2) is 14.8 Å². The minimum Gasteiger partial charge on any atom is -0.444 e. The number of rotatable bonds is 4. The molecule has 196 valence electrons. The molecular weight excluding hydrogens is 470 g/mol. The van der Waals surface area contributed by atoms with Crippen LogP contribution in [0.2, 0.25) is 0 Å². The molecule has 1 saturated carbocycles. The average Bonchev–Trinajstić information content (AvgIpc) is 3.38. The maximum atomic E-state index is 12.9. The van der Waals surface area contributed by atoms with E-state index in [-0.39, 0.29) is 23.7 Å². The van der Waals surface area contributed by atoms with Crippen LogP contribution >= 0.6 is 0 Å². The van der Waals surface area contributed by atoms with Crippen molar-refractivity contribution in [2.24, 2.45) is 0 Å². The predicted molar refractivity (Wildman–Crippen MR) is 142 cm³/mol. The lowest BCUT2D eigenvalue weighted by atomic mass is 10.1. The average molecular weight is 506 g/mol. The first-order valence-corrected chi connectivity index (χ1v) is 13.0. The smallest absolute Gasteiger partial charge is 0.410 e. The molecule has 2 N–H and O–H groups in total. The standard InChI is InChI=1S/C27H35N7O3/c1-17-13-23(35)34(19-7-5-6-8-19)24-20(17)15-30-25(32-24)31-22-10-9-18(14-29-22)21-16-28-11-12-33(21)26(36)37-27(2,3)4/h9-10,13-15,19,21,28H,5-8,11-12,16H2,1-4H3,(H,29,30,31,32). The molecular formula is C27H35N7O3. The number of nitrogens with zero attached hydrogens (tertiary/aromatic N) is 5. The molecule has 2 fully saturated rings. The second-order valence-electron chi connectivity index (χ2n) is 10.9. The number of fused-ring (bicyclic) bond motifs is 1. The van der Waals surface area contributed by atoms with Gasteiger partial charge in [0.05, 0.1) is 6.04 Å². The molecule has 3 aromatic heterocycles. The Labute approximate surface area is 216 Å². The zero-order chi connectivity index (χ0) is 26.2. The minimum atomic E-state index is -0.556.